The third-order valence-electron chi connectivity index (χ3n) is 2.95. The molecule has 0 radical (unpaired) electrons. The Labute approximate surface area is 88.7 Å². The van der Waals surface area contributed by atoms with Gasteiger partial charge in [0.15, 0.2) is 0 Å². The van der Waals surface area contributed by atoms with Crippen LogP contribution in [0.15, 0.2) is 30.6 Å². The van der Waals surface area contributed by atoms with Crippen LogP contribution in [0, 0.1) is 0 Å². The number of fused-ring (bicyclic) bond motifs is 1. The summed E-state index contributed by atoms with van der Waals surface area (Å²) in [5.74, 6) is 0. The molecule has 1 unspecified atom stereocenters. The molecule has 3 heteroatoms. The van der Waals surface area contributed by atoms with Gasteiger partial charge >= 0.3 is 0 Å². The van der Waals surface area contributed by atoms with Gasteiger partial charge < -0.3 is 9.30 Å². The molecule has 2 aromatic rings. The first kappa shape index (κ1) is 8.92. The lowest BCUT2D eigenvalue weighted by Crippen LogP contribution is -2.14. The average Bonchev–Trinajstić information content (AvgIpc) is 2.89. The van der Waals surface area contributed by atoms with E-state index in [9.17, 15) is 0 Å². The smallest absolute Gasteiger partial charge is 0.139 e. The van der Waals surface area contributed by atoms with Gasteiger partial charge in [-0.1, -0.05) is 0 Å². The largest absolute Gasteiger partial charge is 0.376 e. The van der Waals surface area contributed by atoms with E-state index in [4.69, 9.17) is 4.74 Å². The van der Waals surface area contributed by atoms with Crippen LogP contribution in [-0.4, -0.2) is 22.3 Å². The predicted octanol–water partition coefficient (Wildman–Crippen LogP) is 2.22. The van der Waals surface area contributed by atoms with Gasteiger partial charge in [-0.3, -0.25) is 0 Å². The van der Waals surface area contributed by atoms with Crippen molar-refractivity contribution in [3.05, 3.63) is 30.6 Å². The number of aromatic nitrogens is 2. The summed E-state index contributed by atoms with van der Waals surface area (Å²) < 4.78 is 7.81. The highest BCUT2D eigenvalue weighted by Gasteiger charge is 2.16. The van der Waals surface area contributed by atoms with E-state index < -0.39 is 0 Å². The zero-order chi connectivity index (χ0) is 10.1. The molecule has 15 heavy (non-hydrogen) atoms. The fourth-order valence-corrected chi connectivity index (χ4v) is 2.18. The molecule has 0 bridgehead atoms. The van der Waals surface area contributed by atoms with Crippen LogP contribution in [0.4, 0.5) is 0 Å². The normalized spacial score (nSPS) is 21.2. The first-order valence-electron chi connectivity index (χ1n) is 5.45. The standard InChI is InChI=1S/C12H14N2O/c1-3-10-5-7-14(12(10)13-6-1)9-11-4-2-8-15-11/h1,3,5-7,11H,2,4,8-9H2. The maximum Gasteiger partial charge on any atom is 0.139 e. The second kappa shape index (κ2) is 3.66. The van der Waals surface area contributed by atoms with Crippen molar-refractivity contribution in [2.24, 2.45) is 0 Å². The summed E-state index contributed by atoms with van der Waals surface area (Å²) in [6, 6.07) is 6.17. The van der Waals surface area contributed by atoms with Gasteiger partial charge in [-0.25, -0.2) is 4.98 Å². The monoisotopic (exact) mass is 202 g/mol. The van der Waals surface area contributed by atoms with Crippen molar-refractivity contribution < 1.29 is 4.74 Å². The molecule has 3 nitrogen and oxygen atoms in total. The van der Waals surface area contributed by atoms with Crippen LogP contribution in [0.2, 0.25) is 0 Å². The lowest BCUT2D eigenvalue weighted by atomic mass is 10.2. The fraction of sp³-hybridized carbons (Fsp3) is 0.417. The van der Waals surface area contributed by atoms with Gasteiger partial charge in [0.25, 0.3) is 0 Å². The van der Waals surface area contributed by atoms with Crippen LogP contribution in [-0.2, 0) is 11.3 Å². The van der Waals surface area contributed by atoms with Crippen molar-refractivity contribution in [1.29, 1.82) is 0 Å². The molecular formula is C12H14N2O. The van der Waals surface area contributed by atoms with Crippen LogP contribution in [0.3, 0.4) is 0 Å². The quantitative estimate of drug-likeness (QED) is 0.746. The van der Waals surface area contributed by atoms with Gasteiger partial charge in [-0.15, -0.1) is 0 Å². The summed E-state index contributed by atoms with van der Waals surface area (Å²) in [6.07, 6.45) is 6.68. The van der Waals surface area contributed by atoms with E-state index in [2.05, 4.69) is 27.9 Å². The van der Waals surface area contributed by atoms with Gasteiger partial charge in [-0.05, 0) is 31.0 Å². The predicted molar refractivity (Wildman–Crippen MR) is 58.7 cm³/mol. The van der Waals surface area contributed by atoms with Crippen molar-refractivity contribution in [3.63, 3.8) is 0 Å². The molecule has 0 aromatic carbocycles. The van der Waals surface area contributed by atoms with Gasteiger partial charge in [0.05, 0.1) is 12.6 Å². The molecule has 0 amide bonds. The molecule has 1 aliphatic heterocycles. The third-order valence-corrected chi connectivity index (χ3v) is 2.95. The molecule has 2 aromatic heterocycles. The highest BCUT2D eigenvalue weighted by Crippen LogP contribution is 2.18. The van der Waals surface area contributed by atoms with Crippen molar-refractivity contribution in [2.45, 2.75) is 25.5 Å². The van der Waals surface area contributed by atoms with E-state index in [0.29, 0.717) is 6.10 Å². The van der Waals surface area contributed by atoms with E-state index in [1.165, 1.54) is 18.2 Å². The average molecular weight is 202 g/mol. The minimum absolute atomic E-state index is 0.377. The molecule has 0 saturated carbocycles. The fourth-order valence-electron chi connectivity index (χ4n) is 2.18. The topological polar surface area (TPSA) is 27.1 Å². The summed E-state index contributed by atoms with van der Waals surface area (Å²) in [5.41, 5.74) is 1.06. The Morgan fingerprint density at radius 3 is 3.33 bits per heavy atom. The third kappa shape index (κ3) is 1.63. The van der Waals surface area contributed by atoms with Crippen molar-refractivity contribution >= 4 is 11.0 Å². The molecular weight excluding hydrogens is 188 g/mol. The molecule has 0 N–H and O–H groups in total. The number of hydrogen-bond donors (Lipinski definition) is 0. The van der Waals surface area contributed by atoms with Crippen LogP contribution >= 0.6 is 0 Å². The first-order valence-corrected chi connectivity index (χ1v) is 5.45. The Balaban J connectivity index is 1.90. The molecule has 78 valence electrons. The summed E-state index contributed by atoms with van der Waals surface area (Å²) >= 11 is 0. The minimum Gasteiger partial charge on any atom is -0.376 e. The number of rotatable bonds is 2. The highest BCUT2D eigenvalue weighted by atomic mass is 16.5. The van der Waals surface area contributed by atoms with Gasteiger partial charge in [0.2, 0.25) is 0 Å². The molecule has 0 spiro atoms. The molecule has 3 heterocycles. The molecule has 0 aliphatic carbocycles. The lowest BCUT2D eigenvalue weighted by Gasteiger charge is -2.10. The van der Waals surface area contributed by atoms with Crippen molar-refractivity contribution in [3.8, 4) is 0 Å². The van der Waals surface area contributed by atoms with E-state index >= 15 is 0 Å². The lowest BCUT2D eigenvalue weighted by molar-refractivity contribution is 0.0979. The van der Waals surface area contributed by atoms with Crippen LogP contribution in [0.5, 0.6) is 0 Å². The molecule has 1 saturated heterocycles. The minimum atomic E-state index is 0.377. The molecule has 1 aliphatic rings. The number of nitrogens with zero attached hydrogens (tertiary/aromatic N) is 2. The number of hydrogen-bond acceptors (Lipinski definition) is 2. The summed E-state index contributed by atoms with van der Waals surface area (Å²) in [7, 11) is 0. The van der Waals surface area contributed by atoms with Crippen LogP contribution < -0.4 is 0 Å². The first-order chi connectivity index (χ1) is 7.43. The molecule has 1 fully saturated rings. The SMILES string of the molecule is c1cnc2c(c1)ccn2CC1CCCO1. The van der Waals surface area contributed by atoms with Crippen LogP contribution in [0.25, 0.3) is 11.0 Å². The zero-order valence-electron chi connectivity index (χ0n) is 8.60. The maximum absolute atomic E-state index is 5.63. The van der Waals surface area contributed by atoms with Crippen molar-refractivity contribution in [2.75, 3.05) is 6.61 Å². The van der Waals surface area contributed by atoms with Crippen LogP contribution in [0.1, 0.15) is 12.8 Å². The van der Waals surface area contributed by atoms with E-state index in [1.807, 2.05) is 12.3 Å². The van der Waals surface area contributed by atoms with E-state index in [1.54, 1.807) is 0 Å². The van der Waals surface area contributed by atoms with Gasteiger partial charge in [0.1, 0.15) is 5.65 Å². The van der Waals surface area contributed by atoms with E-state index in [0.717, 1.165) is 18.8 Å². The second-order valence-corrected chi connectivity index (χ2v) is 4.02. The second-order valence-electron chi connectivity index (χ2n) is 4.02. The zero-order valence-corrected chi connectivity index (χ0v) is 8.60. The van der Waals surface area contributed by atoms with Gasteiger partial charge in [0, 0.05) is 24.4 Å². The Morgan fingerprint density at radius 2 is 2.47 bits per heavy atom. The van der Waals surface area contributed by atoms with Crippen molar-refractivity contribution in [1.82, 2.24) is 9.55 Å². The Hall–Kier alpha value is -1.35. The number of ether oxygens (including phenoxy) is 1. The Bertz CT molecular complexity index is 457. The molecule has 3 rings (SSSR count). The Kier molecular flexibility index (Phi) is 2.18. The summed E-state index contributed by atoms with van der Waals surface area (Å²) in [4.78, 5) is 4.39. The maximum atomic E-state index is 5.63. The highest BCUT2D eigenvalue weighted by molar-refractivity contribution is 5.75. The van der Waals surface area contributed by atoms with E-state index in [-0.39, 0.29) is 0 Å². The summed E-state index contributed by atoms with van der Waals surface area (Å²) in [6.45, 7) is 1.85. The number of pyridine rings is 1. The van der Waals surface area contributed by atoms with Gasteiger partial charge in [-0.2, -0.15) is 0 Å². The molecule has 1 atom stereocenters. The Morgan fingerprint density at radius 1 is 1.47 bits per heavy atom. The summed E-state index contributed by atoms with van der Waals surface area (Å²) in [5, 5.41) is 1.20.